The number of nitrogens with zero attached hydrogens (tertiary/aromatic N) is 5. The second-order valence-corrected chi connectivity index (χ2v) is 7.80. The van der Waals surface area contributed by atoms with Crippen molar-refractivity contribution in [1.29, 1.82) is 0 Å². The zero-order valence-electron chi connectivity index (χ0n) is 15.2. The Morgan fingerprint density at radius 1 is 1.40 bits per heavy atom. The first kappa shape index (κ1) is 19.4. The lowest BCUT2D eigenvalue weighted by Gasteiger charge is -2.38. The highest BCUT2D eigenvalue weighted by atomic mass is 32.1. The molecule has 1 aliphatic heterocycles. The molecule has 25 heavy (non-hydrogen) atoms. The molecule has 1 fully saturated rings. The highest BCUT2D eigenvalue weighted by Gasteiger charge is 2.32. The summed E-state index contributed by atoms with van der Waals surface area (Å²) in [7, 11) is 1.62. The topological polar surface area (TPSA) is 113 Å². The number of hydrogen-bond acceptors (Lipinski definition) is 8. The number of thiazole rings is 1. The normalized spacial score (nSPS) is 18.1. The van der Waals surface area contributed by atoms with E-state index in [1.165, 1.54) is 16.5 Å². The minimum Gasteiger partial charge on any atom is -0.444 e. The van der Waals surface area contributed by atoms with Crippen molar-refractivity contribution >= 4 is 23.3 Å². The Morgan fingerprint density at radius 2 is 2.04 bits per heavy atom. The molecule has 4 N–H and O–H groups in total. The van der Waals surface area contributed by atoms with Gasteiger partial charge in [-0.2, -0.15) is 0 Å². The number of hydrogen-bond donors (Lipinski definition) is 2. The van der Waals surface area contributed by atoms with Gasteiger partial charge in [-0.1, -0.05) is 0 Å². The lowest BCUT2D eigenvalue weighted by molar-refractivity contribution is 0.0128. The molecular weight excluding hydrogens is 342 g/mol. The number of piperazine rings is 1. The molecule has 0 aromatic carbocycles. The molecule has 1 aromatic rings. The van der Waals surface area contributed by atoms with E-state index in [2.05, 4.69) is 15.0 Å². The van der Waals surface area contributed by atoms with Gasteiger partial charge >= 0.3 is 6.09 Å². The van der Waals surface area contributed by atoms with E-state index in [-0.39, 0.29) is 12.1 Å². The van der Waals surface area contributed by atoms with Gasteiger partial charge in [-0.05, 0) is 20.8 Å². The third-order valence-electron chi connectivity index (χ3n) is 3.57. The fourth-order valence-corrected chi connectivity index (χ4v) is 3.35. The number of aromatic nitrogens is 1. The van der Waals surface area contributed by atoms with Crippen molar-refractivity contribution in [3.63, 3.8) is 0 Å². The number of amides is 1. The smallest absolute Gasteiger partial charge is 0.410 e. The van der Waals surface area contributed by atoms with Crippen LogP contribution in [-0.4, -0.2) is 70.7 Å². The van der Waals surface area contributed by atoms with Crippen LogP contribution in [0.25, 0.3) is 0 Å². The molecule has 0 bridgehead atoms. The standard InChI is InChI=1S/C15H27N7O2S/c1-15(2,3)24-14(23)22-8-6-21(7-9-22)11(12(16)19-20(4)17)13-18-5-10-25-13/h5,10-11H,6-9,17H2,1-4H3,(H2,16,19). The second kappa shape index (κ2) is 7.98. The molecule has 1 amide bonds. The molecule has 10 heteroatoms. The summed E-state index contributed by atoms with van der Waals surface area (Å²) in [6.07, 6.45) is 1.45. The van der Waals surface area contributed by atoms with Crippen LogP contribution in [0.5, 0.6) is 0 Å². The molecule has 140 valence electrons. The SMILES string of the molecule is CN(N)/N=C(\N)C(c1nccs1)N1CCN(C(=O)OC(C)(C)C)CC1. The molecule has 0 aliphatic carbocycles. The number of amidine groups is 1. The number of ether oxygens (including phenoxy) is 1. The average molecular weight is 369 g/mol. The van der Waals surface area contributed by atoms with Gasteiger partial charge in [-0.15, -0.1) is 16.4 Å². The van der Waals surface area contributed by atoms with Gasteiger partial charge in [0.2, 0.25) is 0 Å². The van der Waals surface area contributed by atoms with Crippen LogP contribution >= 0.6 is 11.3 Å². The Bertz CT molecular complexity index is 590. The van der Waals surface area contributed by atoms with Gasteiger partial charge in [-0.25, -0.2) is 20.7 Å². The van der Waals surface area contributed by atoms with Crippen LogP contribution in [0, 0.1) is 0 Å². The van der Waals surface area contributed by atoms with Crippen molar-refractivity contribution in [2.75, 3.05) is 33.2 Å². The van der Waals surface area contributed by atoms with Gasteiger partial charge in [0.15, 0.2) is 0 Å². The Balaban J connectivity index is 2.06. The summed E-state index contributed by atoms with van der Waals surface area (Å²) in [4.78, 5) is 20.4. The van der Waals surface area contributed by atoms with E-state index < -0.39 is 5.60 Å². The van der Waals surface area contributed by atoms with Crippen molar-refractivity contribution < 1.29 is 9.53 Å². The Hall–Kier alpha value is -1.91. The number of nitrogens with two attached hydrogens (primary N) is 2. The van der Waals surface area contributed by atoms with Crippen molar-refractivity contribution in [2.24, 2.45) is 16.7 Å². The number of rotatable bonds is 4. The molecule has 1 atom stereocenters. The van der Waals surface area contributed by atoms with Gasteiger partial charge < -0.3 is 15.4 Å². The fourth-order valence-electron chi connectivity index (χ4n) is 2.57. The van der Waals surface area contributed by atoms with Crippen LogP contribution < -0.4 is 11.6 Å². The molecule has 9 nitrogen and oxygen atoms in total. The van der Waals surface area contributed by atoms with Crippen LogP contribution in [0.15, 0.2) is 16.7 Å². The van der Waals surface area contributed by atoms with Gasteiger partial charge in [-0.3, -0.25) is 4.90 Å². The molecule has 2 heterocycles. The van der Waals surface area contributed by atoms with Crippen molar-refractivity contribution in [3.05, 3.63) is 16.6 Å². The lowest BCUT2D eigenvalue weighted by atomic mass is 10.2. The lowest BCUT2D eigenvalue weighted by Crippen LogP contribution is -2.53. The summed E-state index contributed by atoms with van der Waals surface area (Å²) in [5, 5.41) is 8.08. The van der Waals surface area contributed by atoms with Crippen molar-refractivity contribution in [2.45, 2.75) is 32.4 Å². The molecule has 1 aliphatic rings. The molecular formula is C15H27N7O2S. The van der Waals surface area contributed by atoms with Crippen molar-refractivity contribution in [1.82, 2.24) is 19.9 Å². The van der Waals surface area contributed by atoms with Gasteiger partial charge in [0.25, 0.3) is 0 Å². The molecule has 1 saturated heterocycles. The second-order valence-electron chi connectivity index (χ2n) is 6.87. The molecule has 0 saturated carbocycles. The van der Waals surface area contributed by atoms with Gasteiger partial charge in [0.05, 0.1) is 0 Å². The van der Waals surface area contributed by atoms with Gasteiger partial charge in [0.1, 0.15) is 22.5 Å². The highest BCUT2D eigenvalue weighted by molar-refractivity contribution is 7.09. The van der Waals surface area contributed by atoms with Crippen LogP contribution in [0.1, 0.15) is 31.8 Å². The first-order chi connectivity index (χ1) is 11.7. The van der Waals surface area contributed by atoms with Crippen LogP contribution in [0.4, 0.5) is 4.79 Å². The first-order valence-corrected chi connectivity index (χ1v) is 8.99. The minimum absolute atomic E-state index is 0.258. The highest BCUT2D eigenvalue weighted by Crippen LogP contribution is 2.25. The fraction of sp³-hybridized carbons (Fsp3) is 0.667. The number of carbonyl (C=O) groups is 1. The van der Waals surface area contributed by atoms with Crippen LogP contribution in [-0.2, 0) is 4.74 Å². The zero-order chi connectivity index (χ0) is 18.6. The number of carbonyl (C=O) groups excluding carboxylic acids is 1. The summed E-state index contributed by atoms with van der Waals surface area (Å²) in [6.45, 7) is 7.99. The van der Waals surface area contributed by atoms with E-state index in [1.807, 2.05) is 26.2 Å². The van der Waals surface area contributed by atoms with E-state index in [1.54, 1.807) is 18.1 Å². The molecule has 0 radical (unpaired) electrons. The van der Waals surface area contributed by atoms with Crippen LogP contribution in [0.2, 0.25) is 0 Å². The van der Waals surface area contributed by atoms with Gasteiger partial charge in [0, 0.05) is 44.8 Å². The Labute approximate surface area is 152 Å². The third kappa shape index (κ3) is 5.55. The molecule has 2 rings (SSSR count). The minimum atomic E-state index is -0.500. The summed E-state index contributed by atoms with van der Waals surface area (Å²) in [5.74, 6) is 5.98. The molecule has 1 unspecified atom stereocenters. The first-order valence-electron chi connectivity index (χ1n) is 8.11. The van der Waals surface area contributed by atoms with Crippen molar-refractivity contribution in [3.8, 4) is 0 Å². The summed E-state index contributed by atoms with van der Waals surface area (Å²) >= 11 is 1.52. The zero-order valence-corrected chi connectivity index (χ0v) is 16.0. The maximum absolute atomic E-state index is 12.2. The summed E-state index contributed by atoms with van der Waals surface area (Å²) in [6, 6.07) is -0.258. The largest absolute Gasteiger partial charge is 0.444 e. The molecule has 0 spiro atoms. The summed E-state index contributed by atoms with van der Waals surface area (Å²) < 4.78 is 5.43. The molecule has 1 aromatic heterocycles. The van der Waals surface area contributed by atoms with E-state index in [4.69, 9.17) is 16.3 Å². The van der Waals surface area contributed by atoms with E-state index in [9.17, 15) is 4.79 Å². The predicted molar refractivity (Wildman–Crippen MR) is 97.8 cm³/mol. The Morgan fingerprint density at radius 3 is 2.52 bits per heavy atom. The third-order valence-corrected chi connectivity index (χ3v) is 4.40. The van der Waals surface area contributed by atoms with E-state index in [0.717, 1.165) is 5.01 Å². The maximum Gasteiger partial charge on any atom is 0.410 e. The van der Waals surface area contributed by atoms with Crippen LogP contribution in [0.3, 0.4) is 0 Å². The monoisotopic (exact) mass is 369 g/mol. The van der Waals surface area contributed by atoms with E-state index >= 15 is 0 Å². The average Bonchev–Trinajstić information content (AvgIpc) is 2.99. The quantitative estimate of drug-likeness (QED) is 0.349. The Kier molecular flexibility index (Phi) is 6.20. The maximum atomic E-state index is 12.2. The van der Waals surface area contributed by atoms with E-state index in [0.29, 0.717) is 32.0 Å². The number of hydrazone groups is 1. The summed E-state index contributed by atoms with van der Waals surface area (Å²) in [5.41, 5.74) is 5.67. The predicted octanol–water partition coefficient (Wildman–Crippen LogP) is 0.815. The number of hydrazine groups is 1.